The monoisotopic (exact) mass is 428 g/mol. The molecule has 1 amide bonds. The van der Waals surface area contributed by atoms with E-state index in [0.717, 1.165) is 5.56 Å². The summed E-state index contributed by atoms with van der Waals surface area (Å²) in [6.07, 6.45) is 1.39. The molecule has 0 bridgehead atoms. The van der Waals surface area contributed by atoms with Crippen molar-refractivity contribution in [1.29, 1.82) is 5.26 Å². The highest BCUT2D eigenvalue weighted by Gasteiger charge is 2.16. The highest BCUT2D eigenvalue weighted by Crippen LogP contribution is 2.37. The fourth-order valence-electron chi connectivity index (χ4n) is 2.51. The van der Waals surface area contributed by atoms with Crippen LogP contribution in [0.15, 0.2) is 42.0 Å². The molecule has 30 heavy (non-hydrogen) atoms. The summed E-state index contributed by atoms with van der Waals surface area (Å²) < 4.78 is 15.5. The maximum absolute atomic E-state index is 12.5. The Hall–Kier alpha value is -3.50. The number of aryl methyl sites for hydroxylation is 1. The Bertz CT molecular complexity index is 1010. The van der Waals surface area contributed by atoms with Crippen molar-refractivity contribution >= 4 is 35.2 Å². The summed E-state index contributed by atoms with van der Waals surface area (Å²) in [7, 11) is 1.41. The molecule has 0 aliphatic heterocycles. The summed E-state index contributed by atoms with van der Waals surface area (Å²) in [5, 5.41) is 12.3. The zero-order valence-corrected chi connectivity index (χ0v) is 17.6. The number of hydrogen-bond acceptors (Lipinski definition) is 6. The SMILES string of the molecule is CCOC(=O)COc1c(Cl)cc(/C=C(/C#N)C(=O)Nc2ccccc2C)cc1OC. The van der Waals surface area contributed by atoms with E-state index in [0.29, 0.717) is 11.3 Å². The number of nitrogens with one attached hydrogen (secondary N) is 1. The zero-order chi connectivity index (χ0) is 22.1. The summed E-state index contributed by atoms with van der Waals surface area (Å²) in [5.74, 6) is -0.689. The quantitative estimate of drug-likeness (QED) is 0.385. The van der Waals surface area contributed by atoms with Crippen LogP contribution >= 0.6 is 11.6 Å². The highest BCUT2D eigenvalue weighted by molar-refractivity contribution is 6.32. The number of nitrogens with zero attached hydrogens (tertiary/aromatic N) is 1. The predicted molar refractivity (Wildman–Crippen MR) is 114 cm³/mol. The number of benzene rings is 2. The van der Waals surface area contributed by atoms with Crippen molar-refractivity contribution in [3.63, 3.8) is 0 Å². The normalized spacial score (nSPS) is 10.7. The number of hydrogen-bond donors (Lipinski definition) is 1. The summed E-state index contributed by atoms with van der Waals surface area (Å²) in [6, 6.07) is 12.2. The van der Waals surface area contributed by atoms with E-state index in [-0.39, 0.29) is 35.3 Å². The van der Waals surface area contributed by atoms with Gasteiger partial charge in [0.2, 0.25) is 0 Å². The average molecular weight is 429 g/mol. The van der Waals surface area contributed by atoms with Crippen LogP contribution in [0.2, 0.25) is 5.02 Å². The van der Waals surface area contributed by atoms with E-state index in [1.807, 2.05) is 25.1 Å². The minimum atomic E-state index is -0.551. The lowest BCUT2D eigenvalue weighted by Gasteiger charge is -2.13. The van der Waals surface area contributed by atoms with E-state index in [4.69, 9.17) is 25.8 Å². The minimum Gasteiger partial charge on any atom is -0.493 e. The second-order valence-corrected chi connectivity index (χ2v) is 6.47. The Morgan fingerprint density at radius 1 is 1.27 bits per heavy atom. The Kier molecular flexibility index (Phi) is 8.27. The van der Waals surface area contributed by atoms with E-state index in [1.54, 1.807) is 25.1 Å². The molecule has 0 fully saturated rings. The van der Waals surface area contributed by atoms with Gasteiger partial charge in [-0.05, 0) is 49.2 Å². The number of ether oxygens (including phenoxy) is 3. The summed E-state index contributed by atoms with van der Waals surface area (Å²) in [4.78, 5) is 24.0. The van der Waals surface area contributed by atoms with Gasteiger partial charge in [-0.2, -0.15) is 5.26 Å². The first-order chi connectivity index (χ1) is 14.4. The van der Waals surface area contributed by atoms with Gasteiger partial charge in [-0.3, -0.25) is 4.79 Å². The molecule has 7 nitrogen and oxygen atoms in total. The van der Waals surface area contributed by atoms with Gasteiger partial charge in [-0.25, -0.2) is 4.79 Å². The molecular weight excluding hydrogens is 408 g/mol. The Balaban J connectivity index is 2.26. The molecule has 156 valence electrons. The van der Waals surface area contributed by atoms with Crippen molar-refractivity contribution in [2.75, 3.05) is 25.6 Å². The number of nitriles is 1. The van der Waals surface area contributed by atoms with Gasteiger partial charge in [0, 0.05) is 5.69 Å². The number of methoxy groups -OCH3 is 1. The maximum atomic E-state index is 12.5. The fraction of sp³-hybridized carbons (Fsp3) is 0.227. The second kappa shape index (κ2) is 10.9. The molecule has 0 aromatic heterocycles. The lowest BCUT2D eigenvalue weighted by molar-refractivity contribution is -0.145. The lowest BCUT2D eigenvalue weighted by atomic mass is 10.1. The van der Waals surface area contributed by atoms with Crippen LogP contribution in [-0.2, 0) is 14.3 Å². The number of esters is 1. The first-order valence-electron chi connectivity index (χ1n) is 9.04. The fourth-order valence-corrected chi connectivity index (χ4v) is 2.79. The maximum Gasteiger partial charge on any atom is 0.344 e. The topological polar surface area (TPSA) is 97.7 Å². The number of halogens is 1. The Labute approximate surface area is 179 Å². The first kappa shape index (κ1) is 22.8. The molecule has 0 radical (unpaired) electrons. The first-order valence-corrected chi connectivity index (χ1v) is 9.42. The van der Waals surface area contributed by atoms with Gasteiger partial charge >= 0.3 is 5.97 Å². The van der Waals surface area contributed by atoms with Crippen LogP contribution in [0.25, 0.3) is 6.08 Å². The zero-order valence-electron chi connectivity index (χ0n) is 16.8. The van der Waals surface area contributed by atoms with Gasteiger partial charge < -0.3 is 19.5 Å². The van der Waals surface area contributed by atoms with E-state index < -0.39 is 11.9 Å². The number of amides is 1. The molecule has 0 aliphatic rings. The van der Waals surface area contributed by atoms with Crippen molar-refractivity contribution in [2.24, 2.45) is 0 Å². The van der Waals surface area contributed by atoms with Crippen LogP contribution in [-0.4, -0.2) is 32.2 Å². The van der Waals surface area contributed by atoms with Gasteiger partial charge in [-0.1, -0.05) is 29.8 Å². The van der Waals surface area contributed by atoms with Gasteiger partial charge in [0.05, 0.1) is 18.7 Å². The molecular formula is C22H21ClN2O5. The molecule has 0 saturated heterocycles. The Morgan fingerprint density at radius 3 is 2.63 bits per heavy atom. The van der Waals surface area contributed by atoms with Crippen LogP contribution in [0, 0.1) is 18.3 Å². The molecule has 8 heteroatoms. The number of anilines is 1. The smallest absolute Gasteiger partial charge is 0.344 e. The van der Waals surface area contributed by atoms with Gasteiger partial charge in [-0.15, -0.1) is 0 Å². The standard InChI is InChI=1S/C22H21ClN2O5/c1-4-29-20(26)13-30-21-17(23)10-15(11-19(21)28-3)9-16(12-24)22(27)25-18-8-6-5-7-14(18)2/h5-11H,4,13H2,1-3H3,(H,25,27)/b16-9-. The summed E-state index contributed by atoms with van der Waals surface area (Å²) in [5.41, 5.74) is 1.83. The molecule has 0 spiro atoms. The Morgan fingerprint density at radius 2 is 2.00 bits per heavy atom. The molecule has 0 atom stereocenters. The van der Waals surface area contributed by atoms with Crippen molar-refractivity contribution in [3.05, 3.63) is 58.1 Å². The molecule has 0 heterocycles. The molecule has 0 unspecified atom stereocenters. The second-order valence-electron chi connectivity index (χ2n) is 6.07. The third-order valence-corrected chi connectivity index (χ3v) is 4.24. The van der Waals surface area contributed by atoms with E-state index >= 15 is 0 Å². The number of para-hydroxylation sites is 1. The van der Waals surface area contributed by atoms with Gasteiger partial charge in [0.25, 0.3) is 5.91 Å². The number of rotatable bonds is 8. The van der Waals surface area contributed by atoms with Crippen molar-refractivity contribution in [2.45, 2.75) is 13.8 Å². The van der Waals surface area contributed by atoms with E-state index in [1.165, 1.54) is 19.3 Å². The summed E-state index contributed by atoms with van der Waals surface area (Å²) >= 11 is 6.26. The molecule has 1 N–H and O–H groups in total. The molecule has 2 rings (SSSR count). The summed E-state index contributed by atoms with van der Waals surface area (Å²) in [6.45, 7) is 3.44. The van der Waals surface area contributed by atoms with Crippen molar-refractivity contribution in [1.82, 2.24) is 0 Å². The molecule has 2 aromatic rings. The van der Waals surface area contributed by atoms with Crippen LogP contribution in [0.3, 0.4) is 0 Å². The highest BCUT2D eigenvalue weighted by atomic mass is 35.5. The minimum absolute atomic E-state index is 0.114. The number of carbonyl (C=O) groups is 2. The van der Waals surface area contributed by atoms with Gasteiger partial charge in [0.1, 0.15) is 11.6 Å². The van der Waals surface area contributed by atoms with Crippen molar-refractivity contribution < 1.29 is 23.8 Å². The van der Waals surface area contributed by atoms with E-state index in [9.17, 15) is 14.9 Å². The number of carbonyl (C=O) groups excluding carboxylic acids is 2. The van der Waals surface area contributed by atoms with Crippen LogP contribution in [0.5, 0.6) is 11.5 Å². The third kappa shape index (κ3) is 6.00. The van der Waals surface area contributed by atoms with Gasteiger partial charge in [0.15, 0.2) is 18.1 Å². The average Bonchev–Trinajstić information content (AvgIpc) is 2.72. The van der Waals surface area contributed by atoms with Crippen LogP contribution in [0.4, 0.5) is 5.69 Å². The van der Waals surface area contributed by atoms with E-state index in [2.05, 4.69) is 5.32 Å². The van der Waals surface area contributed by atoms with Crippen LogP contribution < -0.4 is 14.8 Å². The molecule has 0 aliphatic carbocycles. The predicted octanol–water partition coefficient (Wildman–Crippen LogP) is 4.14. The molecule has 0 saturated carbocycles. The largest absolute Gasteiger partial charge is 0.493 e. The lowest BCUT2D eigenvalue weighted by Crippen LogP contribution is -2.15. The van der Waals surface area contributed by atoms with Crippen molar-refractivity contribution in [3.8, 4) is 17.6 Å². The third-order valence-electron chi connectivity index (χ3n) is 3.96. The van der Waals surface area contributed by atoms with Crippen LogP contribution in [0.1, 0.15) is 18.1 Å². The molecule has 2 aromatic carbocycles.